The van der Waals surface area contributed by atoms with E-state index in [4.69, 9.17) is 12.6 Å². The molecule has 0 aliphatic rings. The van der Waals surface area contributed by atoms with Gasteiger partial charge in [-0.05, 0) is 24.1 Å². The lowest BCUT2D eigenvalue weighted by Crippen LogP contribution is -2.47. The Labute approximate surface area is 138 Å². The molecular formula is C16H15BrN2OS. The fourth-order valence-electron chi connectivity index (χ4n) is 2.00. The van der Waals surface area contributed by atoms with Crippen molar-refractivity contribution in [2.24, 2.45) is 4.99 Å². The van der Waals surface area contributed by atoms with Gasteiger partial charge in [0.1, 0.15) is 0 Å². The van der Waals surface area contributed by atoms with Crippen molar-refractivity contribution in [3.63, 3.8) is 0 Å². The van der Waals surface area contributed by atoms with Gasteiger partial charge in [-0.3, -0.25) is 4.79 Å². The van der Waals surface area contributed by atoms with Crippen molar-refractivity contribution < 1.29 is 9.36 Å². The number of Topliss-reactive ketones (excluding diaryl/α,β-unsaturated/α-hetero) is 1. The van der Waals surface area contributed by atoms with Crippen LogP contribution in [0.1, 0.15) is 23.3 Å². The molecule has 1 aromatic carbocycles. The van der Waals surface area contributed by atoms with Crippen LogP contribution in [-0.2, 0) is 12.6 Å². The first kappa shape index (κ1) is 15.8. The van der Waals surface area contributed by atoms with Gasteiger partial charge in [-0.1, -0.05) is 34.1 Å². The molecule has 0 amide bonds. The first-order valence-electron chi connectivity index (χ1n) is 6.60. The van der Waals surface area contributed by atoms with E-state index in [9.17, 15) is 4.79 Å². The Kier molecular flexibility index (Phi) is 5.59. The van der Waals surface area contributed by atoms with Gasteiger partial charge < -0.3 is 17.6 Å². The number of rotatable bonds is 5. The molecule has 0 saturated carbocycles. The second kappa shape index (κ2) is 7.43. The fourth-order valence-corrected chi connectivity index (χ4v) is 2.76. The van der Waals surface area contributed by atoms with E-state index in [0.717, 1.165) is 4.47 Å². The molecule has 2 aromatic rings. The third kappa shape index (κ3) is 3.95. The lowest BCUT2D eigenvalue weighted by Gasteiger charge is -2.18. The molecule has 3 nitrogen and oxygen atoms in total. The summed E-state index contributed by atoms with van der Waals surface area (Å²) in [6, 6.07) is 12.4. The number of aliphatic imine (C=N–C) groups is 1. The predicted molar refractivity (Wildman–Crippen MR) is 89.5 cm³/mol. The van der Waals surface area contributed by atoms with Gasteiger partial charge >= 0.3 is 0 Å². The number of nitrogens with zero attached hydrogens (tertiary/aromatic N) is 2. The van der Waals surface area contributed by atoms with Crippen molar-refractivity contribution in [3.05, 3.63) is 64.9 Å². The average Bonchev–Trinajstić information content (AvgIpc) is 2.49. The summed E-state index contributed by atoms with van der Waals surface area (Å²) in [6.45, 7) is 2.47. The third-order valence-electron chi connectivity index (χ3n) is 2.94. The van der Waals surface area contributed by atoms with Crippen LogP contribution in [0.4, 0.5) is 0 Å². The van der Waals surface area contributed by atoms with Crippen molar-refractivity contribution in [1.82, 2.24) is 0 Å². The summed E-state index contributed by atoms with van der Waals surface area (Å²) in [5.41, 5.74) is 0.611. The number of pyridine rings is 1. The summed E-state index contributed by atoms with van der Waals surface area (Å²) >= 11 is 8.73. The van der Waals surface area contributed by atoms with Crippen LogP contribution in [0.25, 0.3) is 0 Å². The molecule has 1 heterocycles. The topological polar surface area (TPSA) is 33.3 Å². The summed E-state index contributed by atoms with van der Waals surface area (Å²) in [4.78, 5) is 17.1. The Balaban J connectivity index is 2.45. The molecule has 0 saturated heterocycles. The molecule has 0 spiro atoms. The van der Waals surface area contributed by atoms with Gasteiger partial charge in [-0.25, -0.2) is 0 Å². The fraction of sp³-hybridized carbons (Fsp3) is 0.188. The lowest BCUT2D eigenvalue weighted by molar-refractivity contribution is -0.691. The number of aromatic nitrogens is 1. The van der Waals surface area contributed by atoms with Gasteiger partial charge in [0.15, 0.2) is 12.4 Å². The summed E-state index contributed by atoms with van der Waals surface area (Å²) in [6.07, 6.45) is 3.66. The number of ketones is 1. The lowest BCUT2D eigenvalue weighted by atomic mass is 10.0. The molecule has 0 bridgehead atoms. The molecule has 0 fully saturated rings. The molecule has 0 aliphatic heterocycles. The summed E-state index contributed by atoms with van der Waals surface area (Å²) in [7, 11) is 0. The molecule has 5 heteroatoms. The predicted octanol–water partition coefficient (Wildman–Crippen LogP) is 3.13. The summed E-state index contributed by atoms with van der Waals surface area (Å²) in [5.74, 6) is -0.0605. The van der Waals surface area contributed by atoms with E-state index in [2.05, 4.69) is 20.9 Å². The maximum atomic E-state index is 12.8. The zero-order valence-corrected chi connectivity index (χ0v) is 14.0. The molecule has 1 aromatic heterocycles. The Morgan fingerprint density at radius 3 is 2.62 bits per heavy atom. The van der Waals surface area contributed by atoms with Crippen LogP contribution in [0.2, 0.25) is 0 Å². The minimum Gasteiger partial charge on any atom is -0.758 e. The maximum absolute atomic E-state index is 12.8. The van der Waals surface area contributed by atoms with Crippen LogP contribution in [-0.4, -0.2) is 17.4 Å². The molecule has 0 aliphatic carbocycles. The highest BCUT2D eigenvalue weighted by Gasteiger charge is 2.27. The van der Waals surface area contributed by atoms with Crippen LogP contribution < -0.4 is 4.57 Å². The van der Waals surface area contributed by atoms with E-state index >= 15 is 0 Å². The molecule has 21 heavy (non-hydrogen) atoms. The van der Waals surface area contributed by atoms with E-state index < -0.39 is 6.04 Å². The van der Waals surface area contributed by atoms with Gasteiger partial charge in [-0.2, -0.15) is 4.57 Å². The number of halogens is 1. The van der Waals surface area contributed by atoms with Crippen molar-refractivity contribution in [2.45, 2.75) is 13.0 Å². The van der Waals surface area contributed by atoms with E-state index in [1.807, 2.05) is 49.6 Å². The number of hydrogen-bond donors (Lipinski definition) is 0. The Hall–Kier alpha value is -1.59. The van der Waals surface area contributed by atoms with Crippen LogP contribution in [0, 0.1) is 0 Å². The van der Waals surface area contributed by atoms with Crippen molar-refractivity contribution in [1.29, 1.82) is 0 Å². The van der Waals surface area contributed by atoms with E-state index in [1.165, 1.54) is 0 Å². The van der Waals surface area contributed by atoms with Crippen LogP contribution in [0.5, 0.6) is 0 Å². The second-order valence-electron chi connectivity index (χ2n) is 4.41. The van der Waals surface area contributed by atoms with Gasteiger partial charge in [0.25, 0.3) is 0 Å². The molecule has 108 valence electrons. The highest BCUT2D eigenvalue weighted by molar-refractivity contribution is 9.10. The SMILES string of the molecule is CCN=C([S-])C(C(=O)c1cccc(Br)c1)[n+]1ccccc1. The molecular weight excluding hydrogens is 348 g/mol. The van der Waals surface area contributed by atoms with Gasteiger partial charge in [0, 0.05) is 28.7 Å². The quantitative estimate of drug-likeness (QED) is 0.269. The van der Waals surface area contributed by atoms with Crippen LogP contribution in [0.3, 0.4) is 0 Å². The average molecular weight is 363 g/mol. The zero-order chi connectivity index (χ0) is 15.2. The molecule has 2 rings (SSSR count). The van der Waals surface area contributed by atoms with Gasteiger partial charge in [0.2, 0.25) is 11.8 Å². The monoisotopic (exact) mass is 362 g/mol. The Bertz CT molecular complexity index is 658. The first-order chi connectivity index (χ1) is 10.1. The zero-order valence-electron chi connectivity index (χ0n) is 11.6. The Morgan fingerprint density at radius 2 is 2.00 bits per heavy atom. The minimum absolute atomic E-state index is 0.0605. The smallest absolute Gasteiger partial charge is 0.237 e. The molecule has 1 unspecified atom stereocenters. The van der Waals surface area contributed by atoms with E-state index in [0.29, 0.717) is 17.2 Å². The van der Waals surface area contributed by atoms with E-state index in [-0.39, 0.29) is 5.78 Å². The highest BCUT2D eigenvalue weighted by Crippen LogP contribution is 2.16. The van der Waals surface area contributed by atoms with Gasteiger partial charge in [0.05, 0.1) is 0 Å². The van der Waals surface area contributed by atoms with Crippen molar-refractivity contribution in [3.8, 4) is 0 Å². The number of hydrogen-bond acceptors (Lipinski definition) is 3. The number of carbonyl (C=O) groups excluding carboxylic acids is 1. The maximum Gasteiger partial charge on any atom is 0.237 e. The van der Waals surface area contributed by atoms with Crippen molar-refractivity contribution in [2.75, 3.05) is 6.54 Å². The second-order valence-corrected chi connectivity index (χ2v) is 5.75. The normalized spacial score (nSPS) is 13.0. The number of carbonyl (C=O) groups is 1. The summed E-state index contributed by atoms with van der Waals surface area (Å²) in [5, 5.41) is 0.402. The van der Waals surface area contributed by atoms with Crippen LogP contribution in [0.15, 0.2) is 64.3 Å². The molecule has 1 atom stereocenters. The van der Waals surface area contributed by atoms with Gasteiger partial charge in [-0.15, -0.1) is 0 Å². The highest BCUT2D eigenvalue weighted by atomic mass is 79.9. The first-order valence-corrected chi connectivity index (χ1v) is 7.80. The standard InChI is InChI=1S/C16H15BrN2OS/c1-2-18-16(21)14(19-9-4-3-5-10-19)15(20)12-7-6-8-13(17)11-12/h3-11,14H,2H2,1H3. The number of benzene rings is 1. The summed E-state index contributed by atoms with van der Waals surface area (Å²) < 4.78 is 2.66. The third-order valence-corrected chi connectivity index (χ3v) is 3.79. The molecule has 0 N–H and O–H groups in total. The molecule has 0 radical (unpaired) electrons. The Morgan fingerprint density at radius 1 is 1.29 bits per heavy atom. The minimum atomic E-state index is -0.588. The van der Waals surface area contributed by atoms with Crippen LogP contribution >= 0.6 is 15.9 Å². The van der Waals surface area contributed by atoms with E-state index in [1.54, 1.807) is 16.7 Å². The largest absolute Gasteiger partial charge is 0.758 e. The van der Waals surface area contributed by atoms with Crippen molar-refractivity contribution >= 4 is 39.4 Å².